The fraction of sp³-hybridized carbons (Fsp3) is 0.333. The van der Waals surface area contributed by atoms with Crippen molar-refractivity contribution in [1.82, 2.24) is 39.9 Å². The maximum atomic E-state index is 8.19. The van der Waals surface area contributed by atoms with Gasteiger partial charge in [-0.2, -0.15) is 0 Å². The Balaban J connectivity index is 0.00000231. The summed E-state index contributed by atoms with van der Waals surface area (Å²) in [7, 11) is 0. The summed E-state index contributed by atoms with van der Waals surface area (Å²) in [6.07, 6.45) is 0. The molecular weight excluding hydrogens is 756 g/mol. The van der Waals surface area contributed by atoms with Gasteiger partial charge in [0.05, 0.1) is 23.3 Å². The van der Waals surface area contributed by atoms with Gasteiger partial charge in [-0.15, -0.1) is 0 Å². The Kier molecular flexibility index (Phi) is 9.25. The van der Waals surface area contributed by atoms with Gasteiger partial charge < -0.3 is 29.9 Å². The first-order valence-corrected chi connectivity index (χ1v) is 20.3. The average Bonchev–Trinajstić information content (AvgIpc) is 3.88. The van der Waals surface area contributed by atoms with Gasteiger partial charge in [0.2, 0.25) is 0 Å². The van der Waals surface area contributed by atoms with Gasteiger partial charge in [-0.3, -0.25) is 0 Å². The van der Waals surface area contributed by atoms with Crippen LogP contribution in [0.3, 0.4) is 0 Å². The number of aromatic nitrogens is 8. The Bertz CT molecular complexity index is 2780. The Morgan fingerprint density at radius 1 is 0.345 bits per heavy atom. The summed E-state index contributed by atoms with van der Waals surface area (Å²) in [5.41, 5.74) is 10.3. The van der Waals surface area contributed by atoms with Gasteiger partial charge in [0.25, 0.3) is 0 Å². The van der Waals surface area contributed by atoms with E-state index in [-0.39, 0.29) is 21.7 Å². The summed E-state index contributed by atoms with van der Waals surface area (Å²) >= 11 is 1.06. The van der Waals surface area contributed by atoms with Crippen molar-refractivity contribution in [1.29, 1.82) is 0 Å². The van der Waals surface area contributed by atoms with Crippen molar-refractivity contribution < 1.29 is 21.0 Å². The molecule has 4 aromatic carbocycles. The molecule has 0 spiro atoms. The van der Waals surface area contributed by atoms with Crippen molar-refractivity contribution in [3.63, 3.8) is 0 Å². The molecule has 0 N–H and O–H groups in total. The molecular formula is C48H48N8OV. The number of hydrogen-bond donors (Lipinski definition) is 0. The molecule has 291 valence electrons. The minimum absolute atomic E-state index is 0.0826. The molecule has 0 unspecified atom stereocenters. The van der Waals surface area contributed by atoms with E-state index in [1.165, 1.54) is 22.3 Å². The molecule has 9 nitrogen and oxygen atoms in total. The Morgan fingerprint density at radius 2 is 0.621 bits per heavy atom. The quantitative estimate of drug-likeness (QED) is 0.147. The van der Waals surface area contributed by atoms with Crippen LogP contribution >= 0.6 is 0 Å². The molecule has 58 heavy (non-hydrogen) atoms. The summed E-state index contributed by atoms with van der Waals surface area (Å²) < 4.78 is 8.19. The van der Waals surface area contributed by atoms with E-state index in [1.54, 1.807) is 0 Å². The third-order valence-corrected chi connectivity index (χ3v) is 11.2. The van der Waals surface area contributed by atoms with Crippen molar-refractivity contribution in [2.75, 3.05) is 0 Å². The van der Waals surface area contributed by atoms with Crippen molar-refractivity contribution in [2.24, 2.45) is 0 Å². The molecule has 9 rings (SSSR count). The van der Waals surface area contributed by atoms with Gasteiger partial charge in [-0.25, -0.2) is 9.97 Å². The molecule has 7 aromatic rings. The van der Waals surface area contributed by atoms with E-state index in [0.29, 0.717) is 45.9 Å². The maximum absolute atomic E-state index is 8.19. The fourth-order valence-electron chi connectivity index (χ4n) is 7.53. The molecule has 0 amide bonds. The molecule has 0 atom stereocenters. The summed E-state index contributed by atoms with van der Waals surface area (Å²) in [5, 5.41) is 3.64. The summed E-state index contributed by atoms with van der Waals surface area (Å²) in [5.74, 6) is 2.24. The predicted molar refractivity (Wildman–Crippen MR) is 229 cm³/mol. The van der Waals surface area contributed by atoms with Crippen molar-refractivity contribution >= 4 is 44.1 Å². The molecule has 0 radical (unpaired) electrons. The molecule has 8 bridgehead atoms. The molecule has 3 aromatic heterocycles. The van der Waals surface area contributed by atoms with Crippen LogP contribution in [0.4, 0.5) is 0 Å². The van der Waals surface area contributed by atoms with Gasteiger partial charge in [-0.05, 0) is 89.7 Å². The molecule has 5 heterocycles. The van der Waals surface area contributed by atoms with E-state index >= 15 is 0 Å². The first-order valence-electron chi connectivity index (χ1n) is 19.7. The van der Waals surface area contributed by atoms with E-state index in [2.05, 4.69) is 156 Å². The number of hydrogen-bond acceptors (Lipinski definition) is 7. The summed E-state index contributed by atoms with van der Waals surface area (Å²) in [4.78, 5) is 41.6. The zero-order valence-electron chi connectivity index (χ0n) is 35.4. The first kappa shape index (κ1) is 39.5. The second-order valence-electron chi connectivity index (χ2n) is 19.5. The third kappa shape index (κ3) is 6.88. The van der Waals surface area contributed by atoms with Crippen LogP contribution in [0, 0.1) is 0 Å². The van der Waals surface area contributed by atoms with Crippen LogP contribution in [-0.2, 0) is 42.7 Å². The molecule has 0 fully saturated rings. The molecule has 10 heteroatoms. The average molecular weight is 804 g/mol. The summed E-state index contributed by atoms with van der Waals surface area (Å²) in [6.45, 7) is 26.6. The standard InChI is InChI=1S/C48H48N8.O.V/c1-45(2,3)25-13-17-29-33(21-25)41-49-37(29)54-42-35-23-27(47(7,8)9)15-19-31(35)39(51-42)56-44-36-24-28(48(10,11)12)16-20-32(36)40(52-44)55-43-34-22-26(46(4,5)6)14-18-30(34)38(50-43)53-41;;/h13-24H,1-12H3;;/q-2;;+2. The van der Waals surface area contributed by atoms with Gasteiger partial charge in [0, 0.05) is 44.8 Å². The van der Waals surface area contributed by atoms with Crippen LogP contribution in [0.5, 0.6) is 0 Å². The van der Waals surface area contributed by atoms with Gasteiger partial charge in [0.1, 0.15) is 0 Å². The third-order valence-electron chi connectivity index (χ3n) is 11.2. The van der Waals surface area contributed by atoms with Gasteiger partial charge >= 0.3 is 21.0 Å². The Hall–Kier alpha value is -5.38. The Morgan fingerprint density at radius 3 is 0.948 bits per heavy atom. The fourth-order valence-corrected chi connectivity index (χ4v) is 7.53. The van der Waals surface area contributed by atoms with Crippen molar-refractivity contribution in [3.05, 3.63) is 95.1 Å². The van der Waals surface area contributed by atoms with Gasteiger partial charge in [0.15, 0.2) is 0 Å². The van der Waals surface area contributed by atoms with E-state index in [1.807, 2.05) is 0 Å². The van der Waals surface area contributed by atoms with Crippen LogP contribution in [0.15, 0.2) is 72.8 Å². The predicted octanol–water partition coefficient (Wildman–Crippen LogP) is 11.2. The second-order valence-corrected chi connectivity index (χ2v) is 19.5. The number of benzene rings is 4. The second kappa shape index (κ2) is 13.6. The normalized spacial score (nSPS) is 13.0. The van der Waals surface area contributed by atoms with Crippen LogP contribution < -0.4 is 9.97 Å². The van der Waals surface area contributed by atoms with Crippen LogP contribution in [0.2, 0.25) is 0 Å². The zero-order valence-corrected chi connectivity index (χ0v) is 36.8. The number of rotatable bonds is 0. The van der Waals surface area contributed by atoms with Crippen molar-refractivity contribution in [3.8, 4) is 45.6 Å². The number of nitrogens with zero attached hydrogens (tertiary/aromatic N) is 8. The SMILES string of the molecule is CC(C)(C)c1ccc2c(c1)-c1nc-2nc2[n-]c(nc3nc(nc4[n-]c(n1)c1ccc(C(C)(C)C)cc41)-c1ccc(C(C)(C)C)cc1-3)c1ccc(C(C)(C)C)cc21.[O]=[V+2]. The Labute approximate surface area is 348 Å². The zero-order chi connectivity index (χ0) is 41.7. The van der Waals surface area contributed by atoms with E-state index < -0.39 is 0 Å². The van der Waals surface area contributed by atoms with Gasteiger partial charge in [-0.1, -0.05) is 132 Å². The van der Waals surface area contributed by atoms with Crippen LogP contribution in [0.25, 0.3) is 89.7 Å². The molecule has 0 saturated carbocycles. The minimum atomic E-state index is -0.0826. The number of fused-ring (bicyclic) bond motifs is 20. The van der Waals surface area contributed by atoms with Crippen LogP contribution in [0.1, 0.15) is 105 Å². The monoisotopic (exact) mass is 803 g/mol. The summed E-state index contributed by atoms with van der Waals surface area (Å²) in [6, 6.07) is 25.9. The molecule has 2 aliphatic rings. The van der Waals surface area contributed by atoms with E-state index in [4.69, 9.17) is 43.5 Å². The van der Waals surface area contributed by atoms with E-state index in [0.717, 1.165) is 61.2 Å². The molecule has 0 saturated heterocycles. The van der Waals surface area contributed by atoms with Crippen molar-refractivity contribution in [2.45, 2.75) is 105 Å². The molecule has 2 aliphatic heterocycles. The molecule has 0 aliphatic carbocycles. The first-order chi connectivity index (χ1) is 27.2. The van der Waals surface area contributed by atoms with Crippen LogP contribution in [-0.4, -0.2) is 29.9 Å². The topological polar surface area (TPSA) is 123 Å². The van der Waals surface area contributed by atoms with E-state index in [9.17, 15) is 0 Å².